The van der Waals surface area contributed by atoms with Gasteiger partial charge in [-0.05, 0) is 31.0 Å². The van der Waals surface area contributed by atoms with Gasteiger partial charge in [-0.25, -0.2) is 0 Å². The lowest BCUT2D eigenvalue weighted by atomic mass is 10.1. The van der Waals surface area contributed by atoms with Gasteiger partial charge in [0.05, 0.1) is 12.6 Å². The standard InChI is InChI=1S/C13H19N3O3/c1-2-15-12(18)8-16-13(19)11(14)7-9-3-5-10(17)6-4-9/h3-6,11,17H,2,7-8,14H2,1H3,(H,15,18)(H,16,19). The predicted molar refractivity (Wildman–Crippen MR) is 71.5 cm³/mol. The molecule has 1 aromatic carbocycles. The van der Waals surface area contributed by atoms with Crippen molar-refractivity contribution in [3.8, 4) is 5.75 Å². The quantitative estimate of drug-likeness (QED) is 0.557. The smallest absolute Gasteiger partial charge is 0.239 e. The molecule has 0 aliphatic rings. The van der Waals surface area contributed by atoms with Crippen LogP contribution in [0.2, 0.25) is 0 Å². The van der Waals surface area contributed by atoms with Gasteiger partial charge in [-0.1, -0.05) is 12.1 Å². The molecule has 0 saturated carbocycles. The third-order valence-electron chi connectivity index (χ3n) is 2.53. The normalized spacial score (nSPS) is 11.7. The Labute approximate surface area is 112 Å². The molecule has 5 N–H and O–H groups in total. The summed E-state index contributed by atoms with van der Waals surface area (Å²) in [4.78, 5) is 22.8. The first-order chi connectivity index (χ1) is 9.02. The molecule has 0 spiro atoms. The first-order valence-corrected chi connectivity index (χ1v) is 6.10. The van der Waals surface area contributed by atoms with Crippen LogP contribution in [0, 0.1) is 0 Å². The van der Waals surface area contributed by atoms with Crippen molar-refractivity contribution >= 4 is 11.8 Å². The number of phenols is 1. The lowest BCUT2D eigenvalue weighted by molar-refractivity contribution is -0.126. The van der Waals surface area contributed by atoms with Crippen molar-refractivity contribution in [1.29, 1.82) is 0 Å². The Bertz CT molecular complexity index is 431. The van der Waals surface area contributed by atoms with E-state index in [1.54, 1.807) is 19.1 Å². The Morgan fingerprint density at radius 3 is 2.47 bits per heavy atom. The van der Waals surface area contributed by atoms with Crippen LogP contribution in [-0.4, -0.2) is 36.1 Å². The molecule has 1 aromatic rings. The summed E-state index contributed by atoms with van der Waals surface area (Å²) in [7, 11) is 0. The summed E-state index contributed by atoms with van der Waals surface area (Å²) >= 11 is 0. The number of nitrogens with two attached hydrogens (primary N) is 1. The van der Waals surface area contributed by atoms with E-state index in [1.807, 2.05) is 0 Å². The van der Waals surface area contributed by atoms with Crippen molar-refractivity contribution < 1.29 is 14.7 Å². The maximum atomic E-state index is 11.7. The molecule has 6 heteroatoms. The lowest BCUT2D eigenvalue weighted by Gasteiger charge is -2.12. The van der Waals surface area contributed by atoms with Gasteiger partial charge in [-0.2, -0.15) is 0 Å². The molecule has 1 rings (SSSR count). The van der Waals surface area contributed by atoms with Gasteiger partial charge in [0.15, 0.2) is 0 Å². The summed E-state index contributed by atoms with van der Waals surface area (Å²) in [5.74, 6) is -0.454. The average molecular weight is 265 g/mol. The summed E-state index contributed by atoms with van der Waals surface area (Å²) < 4.78 is 0. The Morgan fingerprint density at radius 1 is 1.26 bits per heavy atom. The van der Waals surface area contributed by atoms with Gasteiger partial charge in [0, 0.05) is 6.54 Å². The number of aromatic hydroxyl groups is 1. The minimum atomic E-state index is -0.723. The number of amides is 2. The van der Waals surface area contributed by atoms with Crippen molar-refractivity contribution in [3.05, 3.63) is 29.8 Å². The Morgan fingerprint density at radius 2 is 1.89 bits per heavy atom. The van der Waals surface area contributed by atoms with Crippen LogP contribution in [0.15, 0.2) is 24.3 Å². The van der Waals surface area contributed by atoms with E-state index >= 15 is 0 Å². The molecule has 6 nitrogen and oxygen atoms in total. The maximum absolute atomic E-state index is 11.7. The number of phenolic OH excluding ortho intramolecular Hbond substituents is 1. The molecule has 0 aliphatic carbocycles. The van der Waals surface area contributed by atoms with Crippen molar-refractivity contribution in [3.63, 3.8) is 0 Å². The third kappa shape index (κ3) is 5.39. The number of likely N-dealkylation sites (N-methyl/N-ethyl adjacent to an activating group) is 1. The fourth-order valence-electron chi connectivity index (χ4n) is 1.54. The molecule has 0 radical (unpaired) electrons. The average Bonchev–Trinajstić information content (AvgIpc) is 2.39. The fourth-order valence-corrected chi connectivity index (χ4v) is 1.54. The molecule has 0 aliphatic heterocycles. The second kappa shape index (κ2) is 7.38. The van der Waals surface area contributed by atoms with Crippen LogP contribution in [0.1, 0.15) is 12.5 Å². The fraction of sp³-hybridized carbons (Fsp3) is 0.385. The molecule has 19 heavy (non-hydrogen) atoms. The molecule has 0 fully saturated rings. The van der Waals surface area contributed by atoms with Gasteiger partial charge >= 0.3 is 0 Å². The number of rotatable bonds is 6. The van der Waals surface area contributed by atoms with E-state index in [9.17, 15) is 9.59 Å². The molecular weight excluding hydrogens is 246 g/mol. The molecule has 0 heterocycles. The molecule has 0 aromatic heterocycles. The molecule has 0 saturated heterocycles. The first-order valence-electron chi connectivity index (χ1n) is 6.10. The van der Waals surface area contributed by atoms with Crippen LogP contribution in [0.25, 0.3) is 0 Å². The monoisotopic (exact) mass is 265 g/mol. The lowest BCUT2D eigenvalue weighted by Crippen LogP contribution is -2.45. The van der Waals surface area contributed by atoms with E-state index in [0.29, 0.717) is 13.0 Å². The summed E-state index contributed by atoms with van der Waals surface area (Å²) in [6.45, 7) is 2.25. The van der Waals surface area contributed by atoms with Crippen LogP contribution in [-0.2, 0) is 16.0 Å². The molecular formula is C13H19N3O3. The number of hydrogen-bond acceptors (Lipinski definition) is 4. The van der Waals surface area contributed by atoms with E-state index in [0.717, 1.165) is 5.56 Å². The number of carbonyl (C=O) groups is 2. The number of benzene rings is 1. The van der Waals surface area contributed by atoms with Crippen LogP contribution in [0.5, 0.6) is 5.75 Å². The highest BCUT2D eigenvalue weighted by Gasteiger charge is 2.14. The summed E-state index contributed by atoms with van der Waals surface area (Å²) in [5.41, 5.74) is 6.59. The highest BCUT2D eigenvalue weighted by atomic mass is 16.3. The first kappa shape index (κ1) is 15.0. The molecule has 1 unspecified atom stereocenters. The number of nitrogens with one attached hydrogen (secondary N) is 2. The summed E-state index contributed by atoms with van der Waals surface area (Å²) in [5, 5.41) is 14.2. The van der Waals surface area contributed by atoms with Crippen molar-refractivity contribution in [1.82, 2.24) is 10.6 Å². The van der Waals surface area contributed by atoms with Crippen molar-refractivity contribution in [2.24, 2.45) is 5.73 Å². The zero-order valence-corrected chi connectivity index (χ0v) is 10.8. The minimum Gasteiger partial charge on any atom is -0.508 e. The van der Waals surface area contributed by atoms with Gasteiger partial charge in [0.1, 0.15) is 5.75 Å². The van der Waals surface area contributed by atoms with Crippen LogP contribution < -0.4 is 16.4 Å². The van der Waals surface area contributed by atoms with E-state index in [-0.39, 0.29) is 24.1 Å². The Hall–Kier alpha value is -2.08. The van der Waals surface area contributed by atoms with Gasteiger partial charge in [-0.3, -0.25) is 9.59 Å². The highest BCUT2D eigenvalue weighted by Crippen LogP contribution is 2.10. The second-order valence-electron chi connectivity index (χ2n) is 4.15. The van der Waals surface area contributed by atoms with Gasteiger partial charge < -0.3 is 21.5 Å². The Balaban J connectivity index is 2.40. The van der Waals surface area contributed by atoms with Crippen LogP contribution >= 0.6 is 0 Å². The number of carbonyl (C=O) groups excluding carboxylic acids is 2. The summed E-state index contributed by atoms with van der Waals surface area (Å²) in [6, 6.07) is 5.75. The van der Waals surface area contributed by atoms with Crippen molar-refractivity contribution in [2.75, 3.05) is 13.1 Å². The largest absolute Gasteiger partial charge is 0.508 e. The minimum absolute atomic E-state index is 0.0735. The van der Waals surface area contributed by atoms with E-state index < -0.39 is 6.04 Å². The highest BCUT2D eigenvalue weighted by molar-refractivity contribution is 5.87. The van der Waals surface area contributed by atoms with Gasteiger partial charge in [0.25, 0.3) is 0 Å². The van der Waals surface area contributed by atoms with E-state index in [2.05, 4.69) is 10.6 Å². The SMILES string of the molecule is CCNC(=O)CNC(=O)C(N)Cc1ccc(O)cc1. The topological polar surface area (TPSA) is 104 Å². The van der Waals surface area contributed by atoms with Crippen molar-refractivity contribution in [2.45, 2.75) is 19.4 Å². The molecule has 0 bridgehead atoms. The molecule has 2 amide bonds. The van der Waals surface area contributed by atoms with E-state index in [4.69, 9.17) is 10.8 Å². The van der Waals surface area contributed by atoms with Gasteiger partial charge in [-0.15, -0.1) is 0 Å². The second-order valence-corrected chi connectivity index (χ2v) is 4.15. The molecule has 1 atom stereocenters. The summed E-state index contributed by atoms with van der Waals surface area (Å²) in [6.07, 6.45) is 0.349. The maximum Gasteiger partial charge on any atom is 0.239 e. The molecule has 104 valence electrons. The van der Waals surface area contributed by atoms with E-state index in [1.165, 1.54) is 12.1 Å². The zero-order valence-electron chi connectivity index (χ0n) is 10.8. The van der Waals surface area contributed by atoms with Gasteiger partial charge in [0.2, 0.25) is 11.8 Å². The third-order valence-corrected chi connectivity index (χ3v) is 2.53. The zero-order chi connectivity index (χ0) is 14.3. The van der Waals surface area contributed by atoms with Crippen LogP contribution in [0.4, 0.5) is 0 Å². The Kier molecular flexibility index (Phi) is 5.81. The number of hydrogen-bond donors (Lipinski definition) is 4. The van der Waals surface area contributed by atoms with Crippen LogP contribution in [0.3, 0.4) is 0 Å². The predicted octanol–water partition coefficient (Wildman–Crippen LogP) is -0.486.